The third kappa shape index (κ3) is 2.30. The third-order valence-corrected chi connectivity index (χ3v) is 5.39. The van der Waals surface area contributed by atoms with E-state index in [2.05, 4.69) is 0 Å². The number of aromatic nitrogens is 2. The lowest BCUT2D eigenvalue weighted by molar-refractivity contribution is 0.412. The molecular formula is C17H22FN5O3. The van der Waals surface area contributed by atoms with Crippen molar-refractivity contribution < 1.29 is 9.13 Å². The summed E-state index contributed by atoms with van der Waals surface area (Å²) in [6, 6.07) is 0.996. The highest BCUT2D eigenvalue weighted by Gasteiger charge is 2.35. The molecule has 4 rings (SSSR count). The van der Waals surface area contributed by atoms with E-state index in [-0.39, 0.29) is 34.8 Å². The predicted octanol–water partition coefficient (Wildman–Crippen LogP) is 0.143. The second kappa shape index (κ2) is 5.73. The minimum absolute atomic E-state index is 0.0358. The van der Waals surface area contributed by atoms with Gasteiger partial charge in [0.2, 0.25) is 0 Å². The van der Waals surface area contributed by atoms with Gasteiger partial charge in [0.05, 0.1) is 12.5 Å². The average molecular weight is 363 g/mol. The topological polar surface area (TPSA) is 109 Å². The molecule has 2 unspecified atom stereocenters. The molecule has 26 heavy (non-hydrogen) atoms. The van der Waals surface area contributed by atoms with E-state index in [4.69, 9.17) is 16.3 Å². The molecule has 2 aromatic rings. The molecule has 2 aliphatic rings. The summed E-state index contributed by atoms with van der Waals surface area (Å²) in [5, 5.41) is 0.0358. The lowest BCUT2D eigenvalue weighted by Crippen LogP contribution is -2.44. The number of nitrogens with zero attached hydrogens (tertiary/aromatic N) is 3. The van der Waals surface area contributed by atoms with Gasteiger partial charge in [-0.1, -0.05) is 6.92 Å². The van der Waals surface area contributed by atoms with Crippen molar-refractivity contribution in [2.75, 3.05) is 30.9 Å². The molecule has 2 heterocycles. The van der Waals surface area contributed by atoms with E-state index >= 15 is 0 Å². The Bertz CT molecular complexity index is 1000. The Kier molecular flexibility index (Phi) is 3.72. The van der Waals surface area contributed by atoms with Gasteiger partial charge in [0, 0.05) is 25.2 Å². The highest BCUT2D eigenvalue weighted by Crippen LogP contribution is 2.43. The number of methoxy groups -OCH3 is 1. The second-order valence-electron chi connectivity index (χ2n) is 7.24. The summed E-state index contributed by atoms with van der Waals surface area (Å²) in [6.07, 6.45) is 1.60. The van der Waals surface area contributed by atoms with E-state index in [0.717, 1.165) is 18.9 Å². The molecule has 1 aliphatic carbocycles. The van der Waals surface area contributed by atoms with Crippen molar-refractivity contribution in [1.29, 1.82) is 0 Å². The van der Waals surface area contributed by atoms with Crippen LogP contribution in [-0.4, -0.2) is 35.5 Å². The second-order valence-corrected chi connectivity index (χ2v) is 7.24. The number of benzene rings is 1. The monoisotopic (exact) mass is 363 g/mol. The Morgan fingerprint density at radius 3 is 2.50 bits per heavy atom. The average Bonchev–Trinajstić information content (AvgIpc) is 3.38. The van der Waals surface area contributed by atoms with Gasteiger partial charge in [-0.2, -0.15) is 4.68 Å². The van der Waals surface area contributed by atoms with E-state index in [1.54, 1.807) is 0 Å². The van der Waals surface area contributed by atoms with E-state index in [1.807, 2.05) is 11.8 Å². The van der Waals surface area contributed by atoms with E-state index in [0.29, 0.717) is 23.3 Å². The maximum absolute atomic E-state index is 15.0. The lowest BCUT2D eigenvalue weighted by atomic mass is 10.1. The third-order valence-electron chi connectivity index (χ3n) is 5.39. The number of ether oxygens (including phenoxy) is 1. The van der Waals surface area contributed by atoms with Gasteiger partial charge in [0.25, 0.3) is 5.56 Å². The lowest BCUT2D eigenvalue weighted by Gasteiger charge is -2.24. The van der Waals surface area contributed by atoms with E-state index < -0.39 is 17.1 Å². The maximum Gasteiger partial charge on any atom is 0.350 e. The molecule has 0 bridgehead atoms. The number of fused-ring (bicyclic) bond motifs is 1. The molecule has 1 aromatic heterocycles. The van der Waals surface area contributed by atoms with Crippen LogP contribution in [-0.2, 0) is 0 Å². The fourth-order valence-corrected chi connectivity index (χ4v) is 3.77. The number of rotatable bonds is 3. The molecule has 1 aliphatic heterocycles. The molecule has 2 fully saturated rings. The van der Waals surface area contributed by atoms with Crippen LogP contribution in [0.5, 0.6) is 5.75 Å². The Morgan fingerprint density at radius 1 is 1.27 bits per heavy atom. The van der Waals surface area contributed by atoms with Crippen LogP contribution in [0.15, 0.2) is 15.7 Å². The molecule has 2 atom stereocenters. The fourth-order valence-electron chi connectivity index (χ4n) is 3.77. The molecule has 9 heteroatoms. The number of hydrogen-bond acceptors (Lipinski definition) is 6. The minimum Gasteiger partial charge on any atom is -0.492 e. The van der Waals surface area contributed by atoms with Gasteiger partial charge in [0.15, 0.2) is 11.6 Å². The van der Waals surface area contributed by atoms with Crippen LogP contribution in [0, 0.1) is 11.7 Å². The SMILES string of the molecule is COc1c(N2CC(C)C(N)C2)c(F)cc2c(=O)n(N)c(=O)n(C3CC3)c12. The predicted molar refractivity (Wildman–Crippen MR) is 96.8 cm³/mol. The van der Waals surface area contributed by atoms with E-state index in [9.17, 15) is 14.0 Å². The standard InChI is InChI=1S/C17H22FN5O3/c1-8-6-21(7-12(8)19)14-11(18)5-10-13(15(14)26-2)22(9-3-4-9)17(25)23(20)16(10)24/h5,8-9,12H,3-4,6-7,19-20H2,1-2H3. The van der Waals surface area contributed by atoms with Crippen LogP contribution in [0.3, 0.4) is 0 Å². The zero-order chi connectivity index (χ0) is 18.7. The first-order valence-electron chi connectivity index (χ1n) is 8.68. The van der Waals surface area contributed by atoms with Crippen molar-refractivity contribution in [2.45, 2.75) is 31.8 Å². The summed E-state index contributed by atoms with van der Waals surface area (Å²) in [5.41, 5.74) is 5.27. The van der Waals surface area contributed by atoms with Crippen molar-refractivity contribution in [3.63, 3.8) is 0 Å². The van der Waals surface area contributed by atoms with E-state index in [1.165, 1.54) is 11.7 Å². The van der Waals surface area contributed by atoms with Gasteiger partial charge in [0.1, 0.15) is 11.2 Å². The molecule has 1 aromatic carbocycles. The minimum atomic E-state index is -0.739. The van der Waals surface area contributed by atoms with Crippen LogP contribution in [0.4, 0.5) is 10.1 Å². The molecule has 140 valence electrons. The van der Waals surface area contributed by atoms with Crippen molar-refractivity contribution in [3.8, 4) is 5.75 Å². The first-order chi connectivity index (χ1) is 12.3. The Hall–Kier alpha value is -2.55. The Morgan fingerprint density at radius 2 is 1.96 bits per heavy atom. The summed E-state index contributed by atoms with van der Waals surface area (Å²) in [7, 11) is 1.41. The smallest absolute Gasteiger partial charge is 0.350 e. The Labute approximate surface area is 148 Å². The van der Waals surface area contributed by atoms with Crippen molar-refractivity contribution in [2.24, 2.45) is 11.7 Å². The molecule has 0 spiro atoms. The largest absolute Gasteiger partial charge is 0.492 e. The summed E-state index contributed by atoms with van der Waals surface area (Å²) >= 11 is 0. The molecule has 4 N–H and O–H groups in total. The number of nitrogens with two attached hydrogens (primary N) is 2. The molecule has 0 radical (unpaired) electrons. The molecule has 1 saturated carbocycles. The van der Waals surface area contributed by atoms with Crippen molar-refractivity contribution >= 4 is 16.6 Å². The number of halogens is 1. The maximum atomic E-state index is 15.0. The number of hydrogen-bond donors (Lipinski definition) is 2. The van der Waals surface area contributed by atoms with Crippen LogP contribution in [0.2, 0.25) is 0 Å². The normalized spacial score (nSPS) is 23.0. The van der Waals surface area contributed by atoms with Crippen LogP contribution < -0.4 is 32.5 Å². The van der Waals surface area contributed by atoms with Crippen LogP contribution in [0.25, 0.3) is 10.9 Å². The number of nitrogen functional groups attached to an aromatic ring is 1. The molecule has 0 amide bonds. The quantitative estimate of drug-likeness (QED) is 0.751. The van der Waals surface area contributed by atoms with Crippen molar-refractivity contribution in [3.05, 3.63) is 32.7 Å². The van der Waals surface area contributed by atoms with Gasteiger partial charge in [-0.15, -0.1) is 0 Å². The van der Waals surface area contributed by atoms with Gasteiger partial charge < -0.3 is 21.2 Å². The zero-order valence-electron chi connectivity index (χ0n) is 14.7. The zero-order valence-corrected chi connectivity index (χ0v) is 14.7. The summed E-state index contributed by atoms with van der Waals surface area (Å²) in [4.78, 5) is 26.9. The molecule has 1 saturated heterocycles. The first kappa shape index (κ1) is 16.9. The highest BCUT2D eigenvalue weighted by molar-refractivity contribution is 5.91. The fraction of sp³-hybridized carbons (Fsp3) is 0.529. The van der Waals surface area contributed by atoms with Gasteiger partial charge in [-0.3, -0.25) is 9.36 Å². The highest BCUT2D eigenvalue weighted by atomic mass is 19.1. The van der Waals surface area contributed by atoms with Gasteiger partial charge >= 0.3 is 5.69 Å². The van der Waals surface area contributed by atoms with Gasteiger partial charge in [-0.25, -0.2) is 9.18 Å². The van der Waals surface area contributed by atoms with Gasteiger partial charge in [-0.05, 0) is 24.8 Å². The Balaban J connectivity index is 2.08. The van der Waals surface area contributed by atoms with Crippen LogP contribution >= 0.6 is 0 Å². The molecular weight excluding hydrogens is 341 g/mol. The summed E-state index contributed by atoms with van der Waals surface area (Å²) in [5.74, 6) is 5.42. The molecule has 8 nitrogen and oxygen atoms in total. The number of anilines is 1. The van der Waals surface area contributed by atoms with Crippen LogP contribution in [0.1, 0.15) is 25.8 Å². The first-order valence-corrected chi connectivity index (χ1v) is 8.68. The summed E-state index contributed by atoms with van der Waals surface area (Å²) in [6.45, 7) is 3.05. The van der Waals surface area contributed by atoms with Crippen molar-refractivity contribution in [1.82, 2.24) is 9.24 Å². The summed E-state index contributed by atoms with van der Waals surface area (Å²) < 4.78 is 22.5.